The van der Waals surface area contributed by atoms with Crippen molar-refractivity contribution in [3.8, 4) is 5.82 Å². The molecule has 0 fully saturated rings. The van der Waals surface area contributed by atoms with Crippen molar-refractivity contribution >= 4 is 27.3 Å². The number of amides is 1. The summed E-state index contributed by atoms with van der Waals surface area (Å²) in [5.41, 5.74) is 2.34. The van der Waals surface area contributed by atoms with Crippen LogP contribution in [0.5, 0.6) is 0 Å². The summed E-state index contributed by atoms with van der Waals surface area (Å²) in [5.74, 6) is 0.253. The molecule has 2 heterocycles. The van der Waals surface area contributed by atoms with Crippen molar-refractivity contribution < 1.29 is 13.2 Å². The van der Waals surface area contributed by atoms with Gasteiger partial charge in [0.15, 0.2) is 5.82 Å². The van der Waals surface area contributed by atoms with Crippen LogP contribution in [0.1, 0.15) is 15.9 Å². The summed E-state index contributed by atoms with van der Waals surface area (Å²) in [6, 6.07) is 18.0. The third-order valence-corrected chi connectivity index (χ3v) is 5.87. The average Bonchev–Trinajstić information content (AvgIpc) is 3.31. The molecule has 0 aliphatic rings. The maximum absolute atomic E-state index is 12.6. The Balaban J connectivity index is 1.43. The summed E-state index contributed by atoms with van der Waals surface area (Å²) in [5, 5.41) is 6.83. The predicted molar refractivity (Wildman–Crippen MR) is 118 cm³/mol. The Bertz CT molecular complexity index is 1280. The van der Waals surface area contributed by atoms with Crippen LogP contribution in [0, 0.1) is 6.92 Å². The molecule has 2 aromatic carbocycles. The van der Waals surface area contributed by atoms with Crippen LogP contribution in [0.2, 0.25) is 0 Å². The van der Waals surface area contributed by atoms with E-state index in [-0.39, 0.29) is 10.8 Å². The van der Waals surface area contributed by atoms with Crippen molar-refractivity contribution in [2.75, 3.05) is 10.0 Å². The third kappa shape index (κ3) is 4.78. The van der Waals surface area contributed by atoms with E-state index in [2.05, 4.69) is 20.1 Å². The molecule has 31 heavy (non-hydrogen) atoms. The van der Waals surface area contributed by atoms with Crippen molar-refractivity contribution in [3.63, 3.8) is 0 Å². The van der Waals surface area contributed by atoms with Crippen molar-refractivity contribution in [1.29, 1.82) is 0 Å². The van der Waals surface area contributed by atoms with Crippen LogP contribution in [0.25, 0.3) is 5.82 Å². The maximum atomic E-state index is 12.6. The quantitative estimate of drug-likeness (QED) is 0.483. The molecular weight excluding hydrogens is 414 g/mol. The molecule has 0 atom stereocenters. The van der Waals surface area contributed by atoms with Gasteiger partial charge in [-0.25, -0.2) is 18.1 Å². The molecule has 156 valence electrons. The molecule has 0 radical (unpaired) electrons. The lowest BCUT2D eigenvalue weighted by molar-refractivity contribution is 0.102. The van der Waals surface area contributed by atoms with Gasteiger partial charge in [0.1, 0.15) is 0 Å². The van der Waals surface area contributed by atoms with Crippen LogP contribution in [0.3, 0.4) is 0 Å². The molecule has 0 spiro atoms. The first kappa shape index (κ1) is 20.3. The van der Waals surface area contributed by atoms with Gasteiger partial charge in [-0.15, -0.1) is 0 Å². The van der Waals surface area contributed by atoms with Gasteiger partial charge in [0, 0.05) is 23.6 Å². The van der Waals surface area contributed by atoms with E-state index < -0.39 is 10.0 Å². The Morgan fingerprint density at radius 3 is 2.26 bits per heavy atom. The van der Waals surface area contributed by atoms with Gasteiger partial charge in [0.25, 0.3) is 15.9 Å². The van der Waals surface area contributed by atoms with E-state index in [0.29, 0.717) is 22.8 Å². The van der Waals surface area contributed by atoms with Crippen molar-refractivity contribution in [2.24, 2.45) is 0 Å². The third-order valence-electron chi connectivity index (χ3n) is 4.48. The first-order valence-electron chi connectivity index (χ1n) is 9.38. The number of nitrogens with one attached hydrogen (secondary N) is 2. The second kappa shape index (κ2) is 8.41. The topological polar surface area (TPSA) is 106 Å². The lowest BCUT2D eigenvalue weighted by atomic mass is 10.2. The monoisotopic (exact) mass is 433 g/mol. The highest BCUT2D eigenvalue weighted by Crippen LogP contribution is 2.18. The molecule has 0 aliphatic carbocycles. The number of pyridine rings is 1. The second-order valence-corrected chi connectivity index (χ2v) is 8.49. The van der Waals surface area contributed by atoms with Crippen molar-refractivity contribution in [2.45, 2.75) is 11.8 Å². The minimum atomic E-state index is -3.75. The smallest absolute Gasteiger partial charge is 0.261 e. The Morgan fingerprint density at radius 1 is 0.935 bits per heavy atom. The number of carbonyl (C=O) groups is 1. The summed E-state index contributed by atoms with van der Waals surface area (Å²) in [4.78, 5) is 16.8. The summed E-state index contributed by atoms with van der Waals surface area (Å²) < 4.78 is 29.3. The molecule has 1 amide bonds. The Labute approximate surface area is 179 Å². The van der Waals surface area contributed by atoms with E-state index in [1.807, 2.05) is 19.1 Å². The number of rotatable bonds is 6. The minimum Gasteiger partial charge on any atom is -0.321 e. The zero-order valence-electron chi connectivity index (χ0n) is 16.6. The highest BCUT2D eigenvalue weighted by molar-refractivity contribution is 7.92. The van der Waals surface area contributed by atoms with Crippen LogP contribution < -0.4 is 10.0 Å². The van der Waals surface area contributed by atoms with Crippen molar-refractivity contribution in [1.82, 2.24) is 14.8 Å². The fraction of sp³-hybridized carbons (Fsp3) is 0.0455. The van der Waals surface area contributed by atoms with Crippen LogP contribution >= 0.6 is 0 Å². The number of nitrogens with zero attached hydrogens (tertiary/aromatic N) is 3. The molecule has 0 bridgehead atoms. The minimum absolute atomic E-state index is 0.0647. The number of benzene rings is 2. The summed E-state index contributed by atoms with van der Waals surface area (Å²) in [6.45, 7) is 1.92. The molecule has 0 saturated heterocycles. The number of hydrogen-bond donors (Lipinski definition) is 2. The highest BCUT2D eigenvalue weighted by atomic mass is 32.2. The summed E-state index contributed by atoms with van der Waals surface area (Å²) in [6.07, 6.45) is 4.95. The molecule has 4 rings (SSSR count). The summed E-state index contributed by atoms with van der Waals surface area (Å²) in [7, 11) is -3.75. The van der Waals surface area contributed by atoms with E-state index >= 15 is 0 Å². The van der Waals surface area contributed by atoms with Gasteiger partial charge in [0.05, 0.1) is 16.8 Å². The largest absolute Gasteiger partial charge is 0.321 e. The Kier molecular flexibility index (Phi) is 5.50. The molecule has 2 aromatic heterocycles. The second-order valence-electron chi connectivity index (χ2n) is 6.81. The van der Waals surface area contributed by atoms with Gasteiger partial charge < -0.3 is 5.32 Å². The number of carbonyl (C=O) groups excluding carboxylic acids is 1. The van der Waals surface area contributed by atoms with E-state index in [4.69, 9.17) is 0 Å². The van der Waals surface area contributed by atoms with Gasteiger partial charge in [-0.3, -0.25) is 9.52 Å². The zero-order chi connectivity index (χ0) is 21.8. The molecule has 2 N–H and O–H groups in total. The number of hydrogen-bond acceptors (Lipinski definition) is 5. The van der Waals surface area contributed by atoms with Gasteiger partial charge in [0.2, 0.25) is 0 Å². The van der Waals surface area contributed by atoms with E-state index in [9.17, 15) is 13.2 Å². The number of anilines is 2. The van der Waals surface area contributed by atoms with E-state index in [1.54, 1.807) is 47.4 Å². The Morgan fingerprint density at radius 2 is 1.65 bits per heavy atom. The molecular formula is C22H19N5O3S. The highest BCUT2D eigenvalue weighted by Gasteiger charge is 2.15. The van der Waals surface area contributed by atoms with Gasteiger partial charge in [-0.1, -0.05) is 17.7 Å². The lowest BCUT2D eigenvalue weighted by Crippen LogP contribution is -2.15. The van der Waals surface area contributed by atoms with Gasteiger partial charge >= 0.3 is 0 Å². The van der Waals surface area contributed by atoms with Gasteiger partial charge in [-0.2, -0.15) is 5.10 Å². The fourth-order valence-electron chi connectivity index (χ4n) is 2.82. The molecule has 0 aliphatic heterocycles. The Hall–Kier alpha value is -3.98. The molecule has 0 unspecified atom stereocenters. The zero-order valence-corrected chi connectivity index (χ0v) is 17.4. The van der Waals surface area contributed by atoms with Crippen LogP contribution in [0.4, 0.5) is 11.4 Å². The van der Waals surface area contributed by atoms with Crippen molar-refractivity contribution in [3.05, 3.63) is 96.4 Å². The lowest BCUT2D eigenvalue weighted by Gasteiger charge is -2.10. The average molecular weight is 433 g/mol. The first-order valence-corrected chi connectivity index (χ1v) is 10.9. The predicted octanol–water partition coefficient (Wildman–Crippen LogP) is 3.63. The standard InChI is InChI=1S/C22H19N5O3S/c1-16-3-7-18(8-4-16)26-31(29,30)20-10-5-17(6-11-20)22(28)25-19-9-12-21(23-15-19)27-14-2-13-24-27/h2-15,26H,1H3,(H,25,28). The number of sulfonamides is 1. The molecule has 0 saturated carbocycles. The van der Waals surface area contributed by atoms with E-state index in [0.717, 1.165) is 5.56 Å². The van der Waals surface area contributed by atoms with Gasteiger partial charge in [-0.05, 0) is 61.5 Å². The summed E-state index contributed by atoms with van der Waals surface area (Å²) >= 11 is 0. The van der Waals surface area contributed by atoms with Crippen LogP contribution in [0.15, 0.2) is 90.2 Å². The van der Waals surface area contributed by atoms with Crippen LogP contribution in [-0.4, -0.2) is 29.1 Å². The molecule has 8 nitrogen and oxygen atoms in total. The maximum Gasteiger partial charge on any atom is 0.261 e. The number of aryl methyl sites for hydroxylation is 1. The first-order chi connectivity index (χ1) is 14.9. The molecule has 4 aromatic rings. The fourth-order valence-corrected chi connectivity index (χ4v) is 3.88. The number of aromatic nitrogens is 3. The molecule has 9 heteroatoms. The van der Waals surface area contributed by atoms with E-state index in [1.165, 1.54) is 30.5 Å². The normalized spacial score (nSPS) is 11.1. The van der Waals surface area contributed by atoms with Crippen LogP contribution in [-0.2, 0) is 10.0 Å². The SMILES string of the molecule is Cc1ccc(NS(=O)(=O)c2ccc(C(=O)Nc3ccc(-n4cccn4)nc3)cc2)cc1.